The Morgan fingerprint density at radius 3 is 1.27 bits per heavy atom. The van der Waals surface area contributed by atoms with Crippen molar-refractivity contribution in [2.24, 2.45) is 0 Å². The van der Waals surface area contributed by atoms with E-state index in [0.29, 0.717) is 12.8 Å². The number of rotatable bonds is 6. The lowest BCUT2D eigenvalue weighted by Gasteiger charge is -2.35. The van der Waals surface area contributed by atoms with E-state index in [0.717, 1.165) is 61.4 Å². The second-order valence-corrected chi connectivity index (χ2v) is 15.8. The average molecular weight is 589 g/mol. The maximum Gasteiger partial charge on any atom is -0.00435 e. The monoisotopic (exact) mass is 588 g/mol. The first-order chi connectivity index (χ1) is 20.2. The summed E-state index contributed by atoms with van der Waals surface area (Å²) in [4.78, 5) is 0. The lowest BCUT2D eigenvalue weighted by Crippen LogP contribution is -2.17. The van der Waals surface area contributed by atoms with Crippen molar-refractivity contribution < 1.29 is 10.2 Å². The maximum absolute atomic E-state index is 13.9. The van der Waals surface area contributed by atoms with Crippen LogP contribution in [-0.4, -0.2) is 0 Å². The van der Waals surface area contributed by atoms with E-state index < -0.39 is 0 Å². The molecule has 3 heteroatoms. The van der Waals surface area contributed by atoms with Crippen LogP contribution < -0.4 is 10.2 Å². The number of nitrogens with zero attached hydrogens (tertiary/aromatic N) is 1. The van der Waals surface area contributed by atoms with E-state index in [1.54, 1.807) is 0 Å². The van der Waals surface area contributed by atoms with Gasteiger partial charge in [-0.25, -0.2) is 0 Å². The zero-order valence-corrected chi connectivity index (χ0v) is 29.0. The molecule has 4 aromatic rings. The number of hydrogen-bond acceptors (Lipinski definition) is 2. The second-order valence-electron chi connectivity index (χ2n) is 15.8. The molecule has 0 spiro atoms. The molecule has 0 aliphatic carbocycles. The van der Waals surface area contributed by atoms with Gasteiger partial charge in [-0.05, 0) is 66.5 Å². The molecule has 3 nitrogen and oxygen atoms in total. The largest absolute Gasteiger partial charge is 0.872 e. The van der Waals surface area contributed by atoms with Gasteiger partial charge in [-0.1, -0.05) is 162 Å². The molecule has 0 heterocycles. The Labute approximate surface area is 266 Å². The van der Waals surface area contributed by atoms with Gasteiger partial charge in [0.25, 0.3) is 0 Å². The second kappa shape index (κ2) is 12.0. The molecule has 0 amide bonds. The summed E-state index contributed by atoms with van der Waals surface area (Å²) in [5.74, 6) is 0.199. The molecule has 4 rings (SSSR count). The summed E-state index contributed by atoms with van der Waals surface area (Å²) in [7, 11) is 0. The van der Waals surface area contributed by atoms with E-state index in [4.69, 9.17) is 5.32 Å². The molecule has 0 radical (unpaired) electrons. The van der Waals surface area contributed by atoms with Crippen LogP contribution >= 0.6 is 0 Å². The van der Waals surface area contributed by atoms with Crippen molar-refractivity contribution >= 4 is 11.4 Å². The minimum absolute atomic E-state index is 0.0995. The van der Waals surface area contributed by atoms with Gasteiger partial charge < -0.3 is 15.5 Å². The molecule has 234 valence electrons. The van der Waals surface area contributed by atoms with E-state index >= 15 is 0 Å². The Kier molecular flexibility index (Phi) is 9.04. The Bertz CT molecular complexity index is 1560. The fourth-order valence-electron chi connectivity index (χ4n) is 5.84. The van der Waals surface area contributed by atoms with Crippen molar-refractivity contribution in [1.82, 2.24) is 0 Å². The molecule has 0 aliphatic rings. The summed E-state index contributed by atoms with van der Waals surface area (Å²) in [6.07, 6.45) is 0.937. The van der Waals surface area contributed by atoms with E-state index in [9.17, 15) is 10.2 Å². The number of benzene rings is 4. The molecule has 0 N–H and O–H groups in total. The van der Waals surface area contributed by atoms with Crippen molar-refractivity contribution in [3.63, 3.8) is 0 Å². The molecular weight excluding hydrogens is 538 g/mol. The van der Waals surface area contributed by atoms with Crippen LogP contribution in [0.15, 0.2) is 60.7 Å². The third-order valence-corrected chi connectivity index (χ3v) is 8.41. The zero-order valence-electron chi connectivity index (χ0n) is 29.0. The van der Waals surface area contributed by atoms with Gasteiger partial charge in [0.2, 0.25) is 0 Å². The van der Waals surface area contributed by atoms with Crippen LogP contribution in [0.5, 0.6) is 11.5 Å². The summed E-state index contributed by atoms with van der Waals surface area (Å²) in [6.45, 7) is 25.4. The van der Waals surface area contributed by atoms with E-state index in [1.165, 1.54) is 5.56 Å². The summed E-state index contributed by atoms with van der Waals surface area (Å²) >= 11 is 0. The van der Waals surface area contributed by atoms with Crippen molar-refractivity contribution in [3.05, 3.63) is 122 Å². The molecule has 0 unspecified atom stereocenters. The minimum Gasteiger partial charge on any atom is -0.872 e. The van der Waals surface area contributed by atoms with Crippen LogP contribution in [-0.2, 0) is 29.1 Å². The van der Waals surface area contributed by atoms with E-state index in [-0.39, 0.29) is 27.7 Å². The van der Waals surface area contributed by atoms with Crippen molar-refractivity contribution in [2.45, 2.75) is 112 Å². The van der Waals surface area contributed by atoms with Crippen LogP contribution in [0.25, 0.3) is 5.32 Å². The number of aryl methyl sites for hydroxylation is 3. The van der Waals surface area contributed by atoms with Crippen molar-refractivity contribution in [2.75, 3.05) is 0 Å². The molecule has 0 saturated heterocycles. The molecule has 0 saturated carbocycles. The molecule has 4 aromatic carbocycles. The lowest BCUT2D eigenvalue weighted by molar-refractivity contribution is -0.271. The van der Waals surface area contributed by atoms with Crippen LogP contribution in [0.2, 0.25) is 0 Å². The molecule has 0 aliphatic heterocycles. The first-order valence-electron chi connectivity index (χ1n) is 15.8. The van der Waals surface area contributed by atoms with Gasteiger partial charge in [-0.3, -0.25) is 0 Å². The molecular formula is C41H50NO2-3. The average Bonchev–Trinajstić information content (AvgIpc) is 2.88. The predicted molar refractivity (Wildman–Crippen MR) is 183 cm³/mol. The third kappa shape index (κ3) is 7.49. The Balaban J connectivity index is 1.99. The van der Waals surface area contributed by atoms with Gasteiger partial charge in [-0.15, -0.1) is 22.9 Å². The SMILES string of the molecule is Cc1ccc([N-]c2c(Cc3cc(C)cc(C(C)(C)C)c3[O-])cc(C(C)(C)C)cc2Cc2cc(C)cc(C(C)(C)C)c2[O-])cc1. The fraction of sp³-hybridized carbons (Fsp3) is 0.415. The highest BCUT2D eigenvalue weighted by atomic mass is 16.3. The first kappa shape index (κ1) is 33.2. The van der Waals surface area contributed by atoms with Gasteiger partial charge in [0, 0.05) is 0 Å². The van der Waals surface area contributed by atoms with Crippen LogP contribution in [0, 0.1) is 20.8 Å². The van der Waals surface area contributed by atoms with E-state index in [2.05, 4.69) is 107 Å². The summed E-state index contributed by atoms with van der Waals surface area (Å²) < 4.78 is 0. The fourth-order valence-corrected chi connectivity index (χ4v) is 5.84. The minimum atomic E-state index is -0.258. The van der Waals surface area contributed by atoms with E-state index in [1.807, 2.05) is 36.4 Å². The molecule has 0 aromatic heterocycles. The zero-order chi connectivity index (χ0) is 32.8. The summed E-state index contributed by atoms with van der Waals surface area (Å²) in [5, 5.41) is 33.0. The smallest absolute Gasteiger partial charge is 0.00435 e. The van der Waals surface area contributed by atoms with Crippen LogP contribution in [0.1, 0.15) is 118 Å². The quantitative estimate of drug-likeness (QED) is 0.225. The van der Waals surface area contributed by atoms with Gasteiger partial charge in [0.05, 0.1) is 0 Å². The highest BCUT2D eigenvalue weighted by molar-refractivity contribution is 5.75. The van der Waals surface area contributed by atoms with Crippen molar-refractivity contribution in [3.8, 4) is 11.5 Å². The molecule has 44 heavy (non-hydrogen) atoms. The normalized spacial score (nSPS) is 12.5. The number of hydrogen-bond donors (Lipinski definition) is 0. The van der Waals surface area contributed by atoms with Gasteiger partial charge >= 0.3 is 0 Å². The van der Waals surface area contributed by atoms with Gasteiger partial charge in [0.1, 0.15) is 0 Å². The molecule has 0 fully saturated rings. The van der Waals surface area contributed by atoms with Crippen LogP contribution in [0.4, 0.5) is 11.4 Å². The first-order valence-corrected chi connectivity index (χ1v) is 15.8. The highest BCUT2D eigenvalue weighted by Gasteiger charge is 2.21. The Morgan fingerprint density at radius 2 is 0.909 bits per heavy atom. The van der Waals surface area contributed by atoms with Gasteiger partial charge in [0.15, 0.2) is 0 Å². The summed E-state index contributed by atoms with van der Waals surface area (Å²) in [5.41, 5.74) is 10.8. The molecule has 0 atom stereocenters. The predicted octanol–water partition coefficient (Wildman–Crippen LogP) is 10.2. The third-order valence-electron chi connectivity index (χ3n) is 8.41. The summed E-state index contributed by atoms with van der Waals surface area (Å²) in [6, 6.07) is 20.8. The van der Waals surface area contributed by atoms with Gasteiger partial charge in [-0.2, -0.15) is 0 Å². The standard InChI is InChI=1S/C41H52NO2/c1-25-13-15-33(16-14-25)42-36-28(21-30-17-26(2)19-34(37(30)43)40(7,8)9)23-32(39(4,5)6)24-29(36)22-31-18-27(3)20-35(38(31)44)41(10,11)12/h13-20,23-24,43-44H,21-22H2,1-12H3/q-1/p-2. The lowest BCUT2D eigenvalue weighted by atomic mass is 9.80. The van der Waals surface area contributed by atoms with Crippen molar-refractivity contribution in [1.29, 1.82) is 0 Å². The Morgan fingerprint density at radius 1 is 0.500 bits per heavy atom. The van der Waals surface area contributed by atoms with Crippen LogP contribution in [0.3, 0.4) is 0 Å². The maximum atomic E-state index is 13.9. The Hall–Kier alpha value is -3.72. The molecule has 0 bridgehead atoms. The topological polar surface area (TPSA) is 60.2 Å². The highest BCUT2D eigenvalue weighted by Crippen LogP contribution is 2.44.